The van der Waals surface area contributed by atoms with E-state index in [-0.39, 0.29) is 33.5 Å². The first kappa shape index (κ1) is 14.1. The maximum atomic E-state index is 12.2. The smallest absolute Gasteiger partial charge is 0.270 e. The Morgan fingerprint density at radius 1 is 1.21 bits per heavy atom. The number of carbonyl (C=O) groups is 2. The lowest BCUT2D eigenvalue weighted by Gasteiger charge is -2.05. The highest BCUT2D eigenvalue weighted by molar-refractivity contribution is 6.67. The molecule has 1 heterocycles. The van der Waals surface area contributed by atoms with Crippen molar-refractivity contribution < 1.29 is 9.59 Å². The van der Waals surface area contributed by atoms with E-state index in [9.17, 15) is 9.59 Å². The first-order chi connectivity index (χ1) is 9.00. The van der Waals surface area contributed by atoms with Crippen molar-refractivity contribution in [2.45, 2.75) is 6.42 Å². The summed E-state index contributed by atoms with van der Waals surface area (Å²) in [5, 5.41) is 5.95. The zero-order valence-corrected chi connectivity index (χ0v) is 11.7. The Bertz CT molecular complexity index is 632. The highest BCUT2D eigenvalue weighted by atomic mass is 35.5. The van der Waals surface area contributed by atoms with Gasteiger partial charge in [0.05, 0.1) is 21.8 Å². The van der Waals surface area contributed by atoms with Gasteiger partial charge in [0, 0.05) is 12.0 Å². The molecule has 0 unspecified atom stereocenters. The van der Waals surface area contributed by atoms with E-state index in [0.29, 0.717) is 5.56 Å². The second-order valence-corrected chi connectivity index (χ2v) is 4.90. The minimum atomic E-state index is -0.703. The molecule has 4 nitrogen and oxygen atoms in total. The van der Waals surface area contributed by atoms with Gasteiger partial charge >= 0.3 is 0 Å². The summed E-state index contributed by atoms with van der Waals surface area (Å²) >= 11 is 17.3. The van der Waals surface area contributed by atoms with Crippen molar-refractivity contribution in [1.82, 2.24) is 10.2 Å². The fourth-order valence-corrected chi connectivity index (χ4v) is 2.41. The molecule has 0 saturated heterocycles. The second-order valence-electron chi connectivity index (χ2n) is 3.74. The number of carbonyl (C=O) groups excluding carboxylic acids is 2. The van der Waals surface area contributed by atoms with Gasteiger partial charge in [-0.3, -0.25) is 14.7 Å². The number of aromatic nitrogens is 2. The van der Waals surface area contributed by atoms with E-state index in [4.69, 9.17) is 34.8 Å². The number of H-pyrrole nitrogens is 1. The quantitative estimate of drug-likeness (QED) is 0.693. The van der Waals surface area contributed by atoms with Crippen molar-refractivity contribution in [3.05, 3.63) is 51.3 Å². The molecule has 2 aromatic rings. The van der Waals surface area contributed by atoms with Crippen molar-refractivity contribution in [2.75, 3.05) is 0 Å². The number of hydrogen-bond acceptors (Lipinski definition) is 3. The summed E-state index contributed by atoms with van der Waals surface area (Å²) in [6.07, 6.45) is 1.31. The van der Waals surface area contributed by atoms with Crippen LogP contribution in [0.1, 0.15) is 26.4 Å². The standard InChI is InChI=1S/C12H7Cl3N2O2/c13-7-2-1-3-8(14)10(7)9(18)4-6-5-16-17-11(6)12(15)19/h1-3,5H,4H2,(H,16,17). The predicted molar refractivity (Wildman–Crippen MR) is 73.3 cm³/mol. The third-order valence-electron chi connectivity index (χ3n) is 2.51. The molecule has 0 fully saturated rings. The molecule has 0 aliphatic rings. The van der Waals surface area contributed by atoms with Gasteiger partial charge in [0.1, 0.15) is 5.69 Å². The van der Waals surface area contributed by atoms with Gasteiger partial charge in [0.15, 0.2) is 5.78 Å². The van der Waals surface area contributed by atoms with Crippen LogP contribution in [0.15, 0.2) is 24.4 Å². The minimum absolute atomic E-state index is 0.0618. The molecular weight excluding hydrogens is 311 g/mol. The Morgan fingerprint density at radius 2 is 1.84 bits per heavy atom. The van der Waals surface area contributed by atoms with E-state index in [1.54, 1.807) is 18.2 Å². The summed E-state index contributed by atoms with van der Waals surface area (Å²) in [7, 11) is 0. The summed E-state index contributed by atoms with van der Waals surface area (Å²) in [5.41, 5.74) is 0.721. The first-order valence-corrected chi connectivity index (χ1v) is 6.33. The van der Waals surface area contributed by atoms with Crippen LogP contribution < -0.4 is 0 Å². The Morgan fingerprint density at radius 3 is 2.42 bits per heavy atom. The highest BCUT2D eigenvalue weighted by Gasteiger charge is 2.19. The van der Waals surface area contributed by atoms with Gasteiger partial charge in [-0.15, -0.1) is 0 Å². The Labute approximate surface area is 123 Å². The van der Waals surface area contributed by atoms with Crippen LogP contribution in [0.25, 0.3) is 0 Å². The van der Waals surface area contributed by atoms with Crippen molar-refractivity contribution in [3.8, 4) is 0 Å². The summed E-state index contributed by atoms with van der Waals surface area (Å²) in [5.74, 6) is -0.309. The minimum Gasteiger partial charge on any atom is -0.294 e. The van der Waals surface area contributed by atoms with E-state index < -0.39 is 5.24 Å². The number of Topliss-reactive ketones (excluding diaryl/α,β-unsaturated/α-hetero) is 1. The Balaban J connectivity index is 2.31. The average Bonchev–Trinajstić information content (AvgIpc) is 2.76. The van der Waals surface area contributed by atoms with Crippen LogP contribution in [-0.4, -0.2) is 21.2 Å². The lowest BCUT2D eigenvalue weighted by atomic mass is 10.0. The molecule has 0 saturated carbocycles. The molecule has 1 aromatic carbocycles. The number of hydrogen-bond donors (Lipinski definition) is 1. The van der Waals surface area contributed by atoms with E-state index in [1.165, 1.54) is 6.20 Å². The van der Waals surface area contributed by atoms with E-state index >= 15 is 0 Å². The van der Waals surface area contributed by atoms with Crippen LogP contribution in [0.5, 0.6) is 0 Å². The van der Waals surface area contributed by atoms with Gasteiger partial charge in [-0.1, -0.05) is 29.3 Å². The number of nitrogens with zero attached hydrogens (tertiary/aromatic N) is 1. The molecule has 7 heteroatoms. The van der Waals surface area contributed by atoms with E-state index in [2.05, 4.69) is 10.2 Å². The zero-order valence-electron chi connectivity index (χ0n) is 9.41. The average molecular weight is 318 g/mol. The number of halogens is 3. The van der Waals surface area contributed by atoms with Gasteiger partial charge in [0.25, 0.3) is 5.24 Å². The number of rotatable bonds is 4. The molecule has 2 rings (SSSR count). The number of benzene rings is 1. The van der Waals surface area contributed by atoms with Gasteiger partial charge in [-0.05, 0) is 23.7 Å². The Hall–Kier alpha value is -1.36. The van der Waals surface area contributed by atoms with Gasteiger partial charge in [-0.25, -0.2) is 0 Å². The maximum absolute atomic E-state index is 12.2. The topological polar surface area (TPSA) is 62.8 Å². The molecule has 0 radical (unpaired) electrons. The molecule has 0 aliphatic carbocycles. The SMILES string of the molecule is O=C(Cl)c1[nH]ncc1CC(=O)c1c(Cl)cccc1Cl. The highest BCUT2D eigenvalue weighted by Crippen LogP contribution is 2.26. The third-order valence-corrected chi connectivity index (χ3v) is 3.33. The number of ketones is 1. The van der Waals surface area contributed by atoms with E-state index in [0.717, 1.165) is 0 Å². The summed E-state index contributed by atoms with van der Waals surface area (Å²) in [6.45, 7) is 0. The molecule has 0 spiro atoms. The Kier molecular flexibility index (Phi) is 4.24. The monoisotopic (exact) mass is 316 g/mol. The molecular formula is C12H7Cl3N2O2. The lowest BCUT2D eigenvalue weighted by Crippen LogP contribution is -2.07. The normalized spacial score (nSPS) is 10.5. The summed E-state index contributed by atoms with van der Waals surface area (Å²) < 4.78 is 0. The van der Waals surface area contributed by atoms with Crippen molar-refractivity contribution in [3.63, 3.8) is 0 Å². The summed E-state index contributed by atoms with van der Waals surface area (Å²) in [4.78, 5) is 23.3. The largest absolute Gasteiger partial charge is 0.294 e. The molecule has 98 valence electrons. The molecule has 1 aromatic heterocycles. The zero-order chi connectivity index (χ0) is 14.0. The number of nitrogens with one attached hydrogen (secondary N) is 1. The van der Waals surface area contributed by atoms with Crippen LogP contribution in [0, 0.1) is 0 Å². The lowest BCUT2D eigenvalue weighted by molar-refractivity contribution is 0.0993. The van der Waals surface area contributed by atoms with Crippen LogP contribution in [0.4, 0.5) is 0 Å². The summed E-state index contributed by atoms with van der Waals surface area (Å²) in [6, 6.07) is 4.79. The molecule has 0 amide bonds. The fourth-order valence-electron chi connectivity index (χ4n) is 1.64. The first-order valence-electron chi connectivity index (χ1n) is 5.20. The van der Waals surface area contributed by atoms with Crippen LogP contribution >= 0.6 is 34.8 Å². The second kappa shape index (κ2) is 5.74. The molecule has 0 atom stereocenters. The fraction of sp³-hybridized carbons (Fsp3) is 0.0833. The predicted octanol–water partition coefficient (Wildman–Crippen LogP) is 3.52. The number of aromatic amines is 1. The maximum Gasteiger partial charge on any atom is 0.270 e. The van der Waals surface area contributed by atoms with Crippen molar-refractivity contribution >= 4 is 45.8 Å². The molecule has 0 bridgehead atoms. The van der Waals surface area contributed by atoms with Gasteiger partial charge < -0.3 is 0 Å². The van der Waals surface area contributed by atoms with Gasteiger partial charge in [0.2, 0.25) is 0 Å². The molecule has 1 N–H and O–H groups in total. The van der Waals surface area contributed by atoms with Crippen LogP contribution in [0.2, 0.25) is 10.0 Å². The van der Waals surface area contributed by atoms with Crippen molar-refractivity contribution in [2.24, 2.45) is 0 Å². The molecule has 19 heavy (non-hydrogen) atoms. The molecule has 0 aliphatic heterocycles. The van der Waals surface area contributed by atoms with Crippen LogP contribution in [0.3, 0.4) is 0 Å². The third kappa shape index (κ3) is 2.97. The van der Waals surface area contributed by atoms with Crippen LogP contribution in [-0.2, 0) is 6.42 Å². The van der Waals surface area contributed by atoms with E-state index in [1.807, 2.05) is 0 Å². The van der Waals surface area contributed by atoms with Gasteiger partial charge in [-0.2, -0.15) is 5.10 Å². The van der Waals surface area contributed by atoms with Crippen molar-refractivity contribution in [1.29, 1.82) is 0 Å².